The van der Waals surface area contributed by atoms with Gasteiger partial charge in [-0.05, 0) is 12.5 Å². The van der Waals surface area contributed by atoms with Crippen molar-refractivity contribution in [3.63, 3.8) is 0 Å². The van der Waals surface area contributed by atoms with E-state index in [1.165, 1.54) is 0 Å². The Hall–Kier alpha value is -0.300. The van der Waals surface area contributed by atoms with Crippen LogP contribution >= 0.6 is 0 Å². The van der Waals surface area contributed by atoms with Crippen molar-refractivity contribution in [2.45, 2.75) is 26.8 Å². The molecule has 0 aromatic heterocycles. The zero-order valence-corrected chi connectivity index (χ0v) is 7.39. The third kappa shape index (κ3) is 1.40. The molecule has 1 atom stereocenters. The highest BCUT2D eigenvalue weighted by atomic mass is 15.1. The van der Waals surface area contributed by atoms with Gasteiger partial charge in [-0.25, -0.2) is 0 Å². The lowest BCUT2D eigenvalue weighted by atomic mass is 9.87. The summed E-state index contributed by atoms with van der Waals surface area (Å²) in [6.45, 7) is 7.96. The molecule has 0 saturated carbocycles. The molecule has 0 saturated heterocycles. The summed E-state index contributed by atoms with van der Waals surface area (Å²) in [4.78, 5) is 2.38. The summed E-state index contributed by atoms with van der Waals surface area (Å²) in [6, 6.07) is 0.632. The monoisotopic (exact) mass is 139 g/mol. The third-order valence-electron chi connectivity index (χ3n) is 2.07. The first-order valence-corrected chi connectivity index (χ1v) is 3.89. The van der Waals surface area contributed by atoms with Crippen molar-refractivity contribution >= 4 is 0 Å². The molecular formula is C9H17N. The Morgan fingerprint density at radius 1 is 1.40 bits per heavy atom. The first kappa shape index (κ1) is 7.80. The van der Waals surface area contributed by atoms with Crippen LogP contribution in [0.25, 0.3) is 0 Å². The summed E-state index contributed by atoms with van der Waals surface area (Å²) in [6.07, 6.45) is 4.55. The maximum atomic E-state index is 2.38. The Bertz CT molecular complexity index is 141. The van der Waals surface area contributed by atoms with Gasteiger partial charge in [0.05, 0.1) is 0 Å². The molecule has 0 radical (unpaired) electrons. The van der Waals surface area contributed by atoms with Crippen LogP contribution < -0.4 is 0 Å². The van der Waals surface area contributed by atoms with E-state index in [9.17, 15) is 0 Å². The normalized spacial score (nSPS) is 27.8. The maximum absolute atomic E-state index is 2.38. The lowest BCUT2D eigenvalue weighted by Gasteiger charge is -2.31. The van der Waals surface area contributed by atoms with Gasteiger partial charge in [-0.1, -0.05) is 32.9 Å². The molecule has 1 aliphatic heterocycles. The van der Waals surface area contributed by atoms with E-state index in [1.54, 1.807) is 0 Å². The summed E-state index contributed by atoms with van der Waals surface area (Å²) >= 11 is 0. The molecule has 0 bridgehead atoms. The number of nitrogens with zero attached hydrogens (tertiary/aromatic N) is 1. The summed E-state index contributed by atoms with van der Waals surface area (Å²) < 4.78 is 0. The van der Waals surface area contributed by atoms with Gasteiger partial charge >= 0.3 is 0 Å². The fraction of sp³-hybridized carbons (Fsp3) is 0.778. The number of hydrogen-bond acceptors (Lipinski definition) is 1. The van der Waals surface area contributed by atoms with Crippen LogP contribution in [0.5, 0.6) is 0 Å². The minimum Gasteiger partial charge on any atom is -0.296 e. The second-order valence-electron chi connectivity index (χ2n) is 4.18. The molecule has 1 aliphatic rings. The van der Waals surface area contributed by atoms with Gasteiger partial charge in [-0.2, -0.15) is 0 Å². The molecule has 1 nitrogen and oxygen atoms in total. The summed E-state index contributed by atoms with van der Waals surface area (Å²) in [5.41, 5.74) is 0.391. The van der Waals surface area contributed by atoms with E-state index in [1.807, 2.05) is 0 Å². The van der Waals surface area contributed by atoms with Crippen molar-refractivity contribution in [2.24, 2.45) is 5.41 Å². The van der Waals surface area contributed by atoms with Crippen LogP contribution in [0.1, 0.15) is 20.8 Å². The van der Waals surface area contributed by atoms with Crippen molar-refractivity contribution < 1.29 is 0 Å². The largest absolute Gasteiger partial charge is 0.296 e. The SMILES string of the molecule is CN1CC=CC1C(C)(C)C. The average molecular weight is 139 g/mol. The molecule has 58 valence electrons. The summed E-state index contributed by atoms with van der Waals surface area (Å²) in [5, 5.41) is 0. The van der Waals surface area contributed by atoms with Crippen LogP contribution in [0.15, 0.2) is 12.2 Å². The average Bonchev–Trinajstić information content (AvgIpc) is 2.11. The quantitative estimate of drug-likeness (QED) is 0.463. The van der Waals surface area contributed by atoms with E-state index in [2.05, 4.69) is 44.9 Å². The van der Waals surface area contributed by atoms with Crippen LogP contribution in [0.4, 0.5) is 0 Å². The Labute approximate surface area is 63.7 Å². The zero-order valence-electron chi connectivity index (χ0n) is 7.39. The molecule has 1 heteroatoms. The molecule has 0 fully saturated rings. The molecule has 1 rings (SSSR count). The van der Waals surface area contributed by atoms with Gasteiger partial charge in [0.25, 0.3) is 0 Å². The van der Waals surface area contributed by atoms with Gasteiger partial charge in [0.15, 0.2) is 0 Å². The molecule has 0 amide bonds. The first-order valence-electron chi connectivity index (χ1n) is 3.89. The fourth-order valence-corrected chi connectivity index (χ4v) is 1.57. The molecule has 1 heterocycles. The molecule has 10 heavy (non-hydrogen) atoms. The van der Waals surface area contributed by atoms with Gasteiger partial charge in [0.1, 0.15) is 0 Å². The number of rotatable bonds is 0. The summed E-state index contributed by atoms with van der Waals surface area (Å²) in [7, 11) is 2.18. The predicted octanol–water partition coefficient (Wildman–Crippen LogP) is 1.90. The number of hydrogen-bond donors (Lipinski definition) is 0. The van der Waals surface area contributed by atoms with Crippen molar-refractivity contribution in [2.75, 3.05) is 13.6 Å². The van der Waals surface area contributed by atoms with Crippen LogP contribution in [-0.4, -0.2) is 24.5 Å². The highest BCUT2D eigenvalue weighted by Crippen LogP contribution is 2.26. The molecule has 0 aromatic rings. The second-order valence-corrected chi connectivity index (χ2v) is 4.18. The molecular weight excluding hydrogens is 122 g/mol. The van der Waals surface area contributed by atoms with Gasteiger partial charge < -0.3 is 0 Å². The zero-order chi connectivity index (χ0) is 7.78. The molecule has 0 aromatic carbocycles. The lowest BCUT2D eigenvalue weighted by molar-refractivity contribution is 0.193. The van der Waals surface area contributed by atoms with E-state index in [-0.39, 0.29) is 0 Å². The minimum atomic E-state index is 0.391. The maximum Gasteiger partial charge on any atom is 0.0327 e. The van der Waals surface area contributed by atoms with Gasteiger partial charge in [0, 0.05) is 12.6 Å². The Balaban J connectivity index is 2.64. The van der Waals surface area contributed by atoms with Crippen LogP contribution in [-0.2, 0) is 0 Å². The second kappa shape index (κ2) is 2.39. The van der Waals surface area contributed by atoms with E-state index in [0.717, 1.165) is 6.54 Å². The number of likely N-dealkylation sites (N-methyl/N-ethyl adjacent to an activating group) is 1. The highest BCUT2D eigenvalue weighted by Gasteiger charge is 2.27. The topological polar surface area (TPSA) is 3.24 Å². The first-order chi connectivity index (χ1) is 4.52. The van der Waals surface area contributed by atoms with Crippen LogP contribution in [0.2, 0.25) is 0 Å². The van der Waals surface area contributed by atoms with E-state index in [4.69, 9.17) is 0 Å². The highest BCUT2D eigenvalue weighted by molar-refractivity contribution is 5.07. The smallest absolute Gasteiger partial charge is 0.0327 e. The molecule has 0 aliphatic carbocycles. The van der Waals surface area contributed by atoms with Crippen molar-refractivity contribution in [3.8, 4) is 0 Å². The Morgan fingerprint density at radius 3 is 2.20 bits per heavy atom. The van der Waals surface area contributed by atoms with Gasteiger partial charge in [-0.3, -0.25) is 4.90 Å². The standard InChI is InChI=1S/C9H17N/c1-9(2,3)8-6-5-7-10(8)4/h5-6,8H,7H2,1-4H3. The predicted molar refractivity (Wildman–Crippen MR) is 45.0 cm³/mol. The van der Waals surface area contributed by atoms with Crippen molar-refractivity contribution in [1.82, 2.24) is 4.90 Å². The Kier molecular flexibility index (Phi) is 1.86. The van der Waals surface area contributed by atoms with Crippen LogP contribution in [0.3, 0.4) is 0 Å². The van der Waals surface area contributed by atoms with Crippen molar-refractivity contribution in [3.05, 3.63) is 12.2 Å². The summed E-state index contributed by atoms with van der Waals surface area (Å²) in [5.74, 6) is 0. The van der Waals surface area contributed by atoms with E-state index >= 15 is 0 Å². The third-order valence-corrected chi connectivity index (χ3v) is 2.07. The molecule has 1 unspecified atom stereocenters. The molecule has 0 spiro atoms. The van der Waals surface area contributed by atoms with E-state index < -0.39 is 0 Å². The van der Waals surface area contributed by atoms with E-state index in [0.29, 0.717) is 11.5 Å². The lowest BCUT2D eigenvalue weighted by Crippen LogP contribution is -2.36. The molecule has 0 N–H and O–H groups in total. The van der Waals surface area contributed by atoms with Gasteiger partial charge in [0.2, 0.25) is 0 Å². The van der Waals surface area contributed by atoms with Crippen LogP contribution in [0, 0.1) is 5.41 Å². The van der Waals surface area contributed by atoms with Crippen molar-refractivity contribution in [1.29, 1.82) is 0 Å². The Morgan fingerprint density at radius 2 is 2.00 bits per heavy atom. The minimum absolute atomic E-state index is 0.391. The fourth-order valence-electron chi connectivity index (χ4n) is 1.57. The van der Waals surface area contributed by atoms with Gasteiger partial charge in [-0.15, -0.1) is 0 Å².